The van der Waals surface area contributed by atoms with Gasteiger partial charge in [0.2, 0.25) is 0 Å². The van der Waals surface area contributed by atoms with E-state index in [-0.39, 0.29) is 18.6 Å². The molecule has 0 heterocycles. The zero-order valence-electron chi connectivity index (χ0n) is 10.1. The first kappa shape index (κ1) is 12.4. The van der Waals surface area contributed by atoms with E-state index in [1.54, 1.807) is 0 Å². The van der Waals surface area contributed by atoms with E-state index in [1.807, 2.05) is 30.3 Å². The number of hydrogen-bond acceptors (Lipinski definition) is 3. The molecule has 18 heavy (non-hydrogen) atoms. The summed E-state index contributed by atoms with van der Waals surface area (Å²) < 4.78 is 5.12. The number of nitrogens with zero attached hydrogens (tertiary/aromatic N) is 1. The maximum atomic E-state index is 11.6. The number of alkyl carbamates (subject to hydrolysis) is 1. The van der Waals surface area contributed by atoms with E-state index in [1.165, 1.54) is 0 Å². The van der Waals surface area contributed by atoms with Crippen LogP contribution in [0.3, 0.4) is 0 Å². The number of nitrogens with one attached hydrogen (secondary N) is 1. The van der Waals surface area contributed by atoms with Gasteiger partial charge in [0.05, 0.1) is 12.0 Å². The number of amides is 1. The predicted molar refractivity (Wildman–Crippen MR) is 66.5 cm³/mol. The minimum absolute atomic E-state index is 0.0572. The SMILES string of the molecule is N#CC1CCCC1NC(=O)OCc1ccccc1. The Morgan fingerprint density at radius 2 is 2.17 bits per heavy atom. The van der Waals surface area contributed by atoms with Gasteiger partial charge in [0, 0.05) is 6.04 Å². The van der Waals surface area contributed by atoms with Gasteiger partial charge in [-0.25, -0.2) is 4.79 Å². The lowest BCUT2D eigenvalue weighted by Gasteiger charge is -2.15. The van der Waals surface area contributed by atoms with Crippen LogP contribution in [0, 0.1) is 17.2 Å². The fourth-order valence-corrected chi connectivity index (χ4v) is 2.20. The fourth-order valence-electron chi connectivity index (χ4n) is 2.20. The highest BCUT2D eigenvalue weighted by Gasteiger charge is 2.28. The van der Waals surface area contributed by atoms with E-state index < -0.39 is 6.09 Å². The molecule has 4 heteroatoms. The van der Waals surface area contributed by atoms with Crippen molar-refractivity contribution in [2.45, 2.75) is 31.9 Å². The first-order valence-electron chi connectivity index (χ1n) is 6.16. The van der Waals surface area contributed by atoms with Crippen molar-refractivity contribution in [1.82, 2.24) is 5.32 Å². The second-order valence-corrected chi connectivity index (χ2v) is 4.48. The lowest BCUT2D eigenvalue weighted by Crippen LogP contribution is -2.37. The van der Waals surface area contributed by atoms with Crippen molar-refractivity contribution in [3.8, 4) is 6.07 Å². The number of carbonyl (C=O) groups excluding carboxylic acids is 1. The van der Waals surface area contributed by atoms with Crippen LogP contribution < -0.4 is 5.32 Å². The predicted octanol–water partition coefficient (Wildman–Crippen LogP) is 2.61. The van der Waals surface area contributed by atoms with E-state index in [0.29, 0.717) is 0 Å². The first-order chi connectivity index (χ1) is 8.79. The van der Waals surface area contributed by atoms with Crippen molar-refractivity contribution in [3.05, 3.63) is 35.9 Å². The Morgan fingerprint density at radius 1 is 1.39 bits per heavy atom. The van der Waals surface area contributed by atoms with Gasteiger partial charge in [-0.3, -0.25) is 0 Å². The summed E-state index contributed by atoms with van der Waals surface area (Å²) in [5.74, 6) is -0.0747. The van der Waals surface area contributed by atoms with Gasteiger partial charge >= 0.3 is 6.09 Å². The molecule has 0 saturated heterocycles. The number of benzene rings is 1. The van der Waals surface area contributed by atoms with Gasteiger partial charge in [-0.05, 0) is 24.8 Å². The zero-order valence-corrected chi connectivity index (χ0v) is 10.1. The molecule has 1 aliphatic rings. The van der Waals surface area contributed by atoms with Gasteiger partial charge in [-0.2, -0.15) is 5.26 Å². The largest absolute Gasteiger partial charge is 0.445 e. The molecular formula is C14H16N2O2. The summed E-state index contributed by atoms with van der Waals surface area (Å²) >= 11 is 0. The molecule has 1 aromatic carbocycles. The molecule has 0 bridgehead atoms. The smallest absolute Gasteiger partial charge is 0.407 e. The number of nitriles is 1. The molecule has 0 aliphatic heterocycles. The molecule has 1 amide bonds. The zero-order chi connectivity index (χ0) is 12.8. The van der Waals surface area contributed by atoms with Crippen molar-refractivity contribution >= 4 is 6.09 Å². The quantitative estimate of drug-likeness (QED) is 0.889. The summed E-state index contributed by atoms with van der Waals surface area (Å²) in [6, 6.07) is 11.7. The third-order valence-electron chi connectivity index (χ3n) is 3.20. The van der Waals surface area contributed by atoms with E-state index in [0.717, 1.165) is 24.8 Å². The Balaban J connectivity index is 1.77. The van der Waals surface area contributed by atoms with E-state index in [9.17, 15) is 4.79 Å². The molecule has 1 N–H and O–H groups in total. The molecule has 2 rings (SSSR count). The number of hydrogen-bond donors (Lipinski definition) is 1. The molecule has 1 saturated carbocycles. The average Bonchev–Trinajstić information content (AvgIpc) is 2.85. The molecule has 1 aliphatic carbocycles. The van der Waals surface area contributed by atoms with Crippen molar-refractivity contribution in [2.24, 2.45) is 5.92 Å². The normalized spacial score (nSPS) is 22.2. The number of carbonyl (C=O) groups is 1. The van der Waals surface area contributed by atoms with Crippen molar-refractivity contribution < 1.29 is 9.53 Å². The summed E-state index contributed by atoms with van der Waals surface area (Å²) in [4.78, 5) is 11.6. The highest BCUT2D eigenvalue weighted by Crippen LogP contribution is 2.24. The van der Waals surface area contributed by atoms with E-state index >= 15 is 0 Å². The van der Waals surface area contributed by atoms with Crippen LogP contribution >= 0.6 is 0 Å². The second kappa shape index (κ2) is 6.06. The summed E-state index contributed by atoms with van der Waals surface area (Å²) in [5.41, 5.74) is 0.955. The van der Waals surface area contributed by atoms with Gasteiger partial charge in [0.1, 0.15) is 6.61 Å². The molecule has 1 aromatic rings. The van der Waals surface area contributed by atoms with Crippen molar-refractivity contribution in [1.29, 1.82) is 5.26 Å². The van der Waals surface area contributed by atoms with Crippen molar-refractivity contribution in [3.63, 3.8) is 0 Å². The highest BCUT2D eigenvalue weighted by molar-refractivity contribution is 5.67. The average molecular weight is 244 g/mol. The summed E-state index contributed by atoms with van der Waals surface area (Å²) in [6.07, 6.45) is 2.27. The lowest BCUT2D eigenvalue weighted by molar-refractivity contribution is 0.134. The Labute approximate surface area is 107 Å². The molecule has 2 atom stereocenters. The van der Waals surface area contributed by atoms with Crippen LogP contribution in [-0.4, -0.2) is 12.1 Å². The van der Waals surface area contributed by atoms with Gasteiger partial charge < -0.3 is 10.1 Å². The standard InChI is InChI=1S/C14H16N2O2/c15-9-12-7-4-8-13(12)16-14(17)18-10-11-5-2-1-3-6-11/h1-3,5-6,12-13H,4,7-8,10H2,(H,16,17). The minimum Gasteiger partial charge on any atom is -0.445 e. The van der Waals surface area contributed by atoms with Crippen LogP contribution in [0.1, 0.15) is 24.8 Å². The number of ether oxygens (including phenoxy) is 1. The number of rotatable bonds is 3. The van der Waals surface area contributed by atoms with Gasteiger partial charge in [-0.1, -0.05) is 30.3 Å². The highest BCUT2D eigenvalue weighted by atomic mass is 16.5. The topological polar surface area (TPSA) is 62.1 Å². The molecule has 0 aromatic heterocycles. The van der Waals surface area contributed by atoms with Crippen LogP contribution in [0.4, 0.5) is 4.79 Å². The van der Waals surface area contributed by atoms with Crippen molar-refractivity contribution in [2.75, 3.05) is 0 Å². The third-order valence-corrected chi connectivity index (χ3v) is 3.20. The van der Waals surface area contributed by atoms with Gasteiger partial charge in [0.15, 0.2) is 0 Å². The van der Waals surface area contributed by atoms with Crippen LogP contribution in [0.15, 0.2) is 30.3 Å². The second-order valence-electron chi connectivity index (χ2n) is 4.48. The summed E-state index contributed by atoms with van der Waals surface area (Å²) in [6.45, 7) is 0.261. The first-order valence-corrected chi connectivity index (χ1v) is 6.16. The Morgan fingerprint density at radius 3 is 2.89 bits per heavy atom. The maximum absolute atomic E-state index is 11.6. The Bertz CT molecular complexity index is 439. The van der Waals surface area contributed by atoms with Crippen LogP contribution in [0.25, 0.3) is 0 Å². The fraction of sp³-hybridized carbons (Fsp3) is 0.429. The lowest BCUT2D eigenvalue weighted by atomic mass is 10.1. The van der Waals surface area contributed by atoms with Gasteiger partial charge in [-0.15, -0.1) is 0 Å². The molecule has 2 unspecified atom stereocenters. The Kier molecular flexibility index (Phi) is 4.19. The maximum Gasteiger partial charge on any atom is 0.407 e. The Hall–Kier alpha value is -2.02. The van der Waals surface area contributed by atoms with Gasteiger partial charge in [0.25, 0.3) is 0 Å². The molecule has 1 fully saturated rings. The summed E-state index contributed by atoms with van der Waals surface area (Å²) in [7, 11) is 0. The van der Waals surface area contributed by atoms with E-state index in [2.05, 4.69) is 11.4 Å². The molecule has 0 radical (unpaired) electrons. The third kappa shape index (κ3) is 3.24. The van der Waals surface area contributed by atoms with Crippen LogP contribution in [0.2, 0.25) is 0 Å². The van der Waals surface area contributed by atoms with E-state index in [4.69, 9.17) is 10.00 Å². The molecular weight excluding hydrogens is 228 g/mol. The molecule has 94 valence electrons. The molecule has 4 nitrogen and oxygen atoms in total. The summed E-state index contributed by atoms with van der Waals surface area (Å²) in [5, 5.41) is 11.7. The van der Waals surface area contributed by atoms with Crippen LogP contribution in [-0.2, 0) is 11.3 Å². The van der Waals surface area contributed by atoms with Crippen LogP contribution in [0.5, 0.6) is 0 Å². The minimum atomic E-state index is -0.439. The molecule has 0 spiro atoms. The monoisotopic (exact) mass is 244 g/mol.